The van der Waals surface area contributed by atoms with E-state index in [9.17, 15) is 9.59 Å². The number of hydrogen-bond acceptors (Lipinski definition) is 4. The fraction of sp³-hybridized carbons (Fsp3) is 0.350. The van der Waals surface area contributed by atoms with Gasteiger partial charge in [0.05, 0.1) is 18.5 Å². The van der Waals surface area contributed by atoms with E-state index in [0.29, 0.717) is 23.5 Å². The van der Waals surface area contributed by atoms with Gasteiger partial charge < -0.3 is 14.6 Å². The molecule has 1 amide bonds. The number of fused-ring (bicyclic) bond motifs is 3. The molecule has 0 saturated heterocycles. The second-order valence-corrected chi connectivity index (χ2v) is 6.72. The Hall–Kier alpha value is -3.09. The molecule has 0 aliphatic heterocycles. The van der Waals surface area contributed by atoms with Crippen molar-refractivity contribution >= 4 is 17.1 Å². The first-order valence-corrected chi connectivity index (χ1v) is 9.20. The van der Waals surface area contributed by atoms with E-state index in [1.165, 1.54) is 0 Å². The van der Waals surface area contributed by atoms with E-state index in [-0.39, 0.29) is 17.9 Å². The number of nitrogens with zero attached hydrogens (tertiary/aromatic N) is 3. The molecule has 1 aromatic carbocycles. The molecule has 3 aromatic rings. The quantitative estimate of drug-likeness (QED) is 0.752. The standard InChI is InChI=1S/C20H22N4O3/c1-27-17-9-5-4-8-16(17)21-18(25)10-11-23-12-13-24-19(20(23)26)14-6-2-3-7-15(14)22-24/h4-5,8-9,12-13H,2-3,6-7,10-11H2,1H3,(H,21,25). The maximum atomic E-state index is 12.9. The van der Waals surface area contributed by atoms with Gasteiger partial charge >= 0.3 is 0 Å². The normalized spacial score (nSPS) is 13.4. The number of benzene rings is 1. The van der Waals surface area contributed by atoms with Crippen molar-refractivity contribution in [3.05, 3.63) is 58.3 Å². The molecule has 1 aliphatic rings. The van der Waals surface area contributed by atoms with Crippen molar-refractivity contribution in [3.8, 4) is 5.75 Å². The largest absolute Gasteiger partial charge is 0.495 e. The molecule has 2 heterocycles. The zero-order chi connectivity index (χ0) is 18.8. The molecule has 7 heteroatoms. The Morgan fingerprint density at radius 2 is 2.04 bits per heavy atom. The topological polar surface area (TPSA) is 77.6 Å². The van der Waals surface area contributed by atoms with Crippen LogP contribution in [0.4, 0.5) is 5.69 Å². The number of carbonyl (C=O) groups excluding carboxylic acids is 1. The van der Waals surface area contributed by atoms with Crippen LogP contribution < -0.4 is 15.6 Å². The second kappa shape index (κ2) is 7.26. The Kier molecular flexibility index (Phi) is 4.66. The zero-order valence-corrected chi connectivity index (χ0v) is 15.3. The SMILES string of the molecule is COc1ccccc1NC(=O)CCn1ccn2nc3c(c2c1=O)CCCC3. The third kappa shape index (κ3) is 3.32. The first-order chi connectivity index (χ1) is 13.2. The highest BCUT2D eigenvalue weighted by atomic mass is 16.5. The lowest BCUT2D eigenvalue weighted by atomic mass is 9.97. The van der Waals surface area contributed by atoms with Crippen LogP contribution >= 0.6 is 0 Å². The number of methoxy groups -OCH3 is 1. The van der Waals surface area contributed by atoms with E-state index in [4.69, 9.17) is 4.74 Å². The number of para-hydroxylation sites is 2. The molecule has 2 aromatic heterocycles. The molecule has 1 N–H and O–H groups in total. The molecule has 27 heavy (non-hydrogen) atoms. The average molecular weight is 366 g/mol. The van der Waals surface area contributed by atoms with Crippen molar-refractivity contribution < 1.29 is 9.53 Å². The van der Waals surface area contributed by atoms with Gasteiger partial charge in [-0.05, 0) is 37.8 Å². The van der Waals surface area contributed by atoms with Gasteiger partial charge in [-0.25, -0.2) is 4.52 Å². The molecular formula is C20H22N4O3. The lowest BCUT2D eigenvalue weighted by Crippen LogP contribution is -2.25. The number of aryl methyl sites for hydroxylation is 3. The molecule has 0 bridgehead atoms. The van der Waals surface area contributed by atoms with Crippen LogP contribution in [0.3, 0.4) is 0 Å². The van der Waals surface area contributed by atoms with E-state index in [0.717, 1.165) is 36.9 Å². The lowest BCUT2D eigenvalue weighted by Gasteiger charge is -2.11. The maximum absolute atomic E-state index is 12.9. The molecule has 0 atom stereocenters. The van der Waals surface area contributed by atoms with Crippen LogP contribution in [0.5, 0.6) is 5.75 Å². The van der Waals surface area contributed by atoms with E-state index < -0.39 is 0 Å². The summed E-state index contributed by atoms with van der Waals surface area (Å²) in [4.78, 5) is 25.2. The molecule has 0 saturated carbocycles. The summed E-state index contributed by atoms with van der Waals surface area (Å²) < 4.78 is 8.52. The first kappa shape index (κ1) is 17.3. The highest BCUT2D eigenvalue weighted by molar-refractivity contribution is 5.92. The number of hydrogen-bond donors (Lipinski definition) is 1. The summed E-state index contributed by atoms with van der Waals surface area (Å²) in [6.07, 6.45) is 7.73. The van der Waals surface area contributed by atoms with Crippen molar-refractivity contribution in [2.75, 3.05) is 12.4 Å². The maximum Gasteiger partial charge on any atom is 0.276 e. The van der Waals surface area contributed by atoms with Crippen molar-refractivity contribution in [2.45, 2.75) is 38.6 Å². The monoisotopic (exact) mass is 366 g/mol. The Labute approximate surface area is 156 Å². The van der Waals surface area contributed by atoms with Gasteiger partial charge in [0.15, 0.2) is 0 Å². The lowest BCUT2D eigenvalue weighted by molar-refractivity contribution is -0.116. The van der Waals surface area contributed by atoms with Crippen molar-refractivity contribution in [1.82, 2.24) is 14.2 Å². The first-order valence-electron chi connectivity index (χ1n) is 9.20. The highest BCUT2D eigenvalue weighted by Gasteiger charge is 2.19. The summed E-state index contributed by atoms with van der Waals surface area (Å²) >= 11 is 0. The van der Waals surface area contributed by atoms with Crippen LogP contribution in [0.25, 0.3) is 5.52 Å². The van der Waals surface area contributed by atoms with E-state index in [1.807, 2.05) is 12.1 Å². The average Bonchev–Trinajstić information content (AvgIpc) is 3.07. The smallest absolute Gasteiger partial charge is 0.276 e. The van der Waals surface area contributed by atoms with Crippen LogP contribution in [0, 0.1) is 0 Å². The minimum atomic E-state index is -0.165. The van der Waals surface area contributed by atoms with Gasteiger partial charge in [-0.3, -0.25) is 9.59 Å². The van der Waals surface area contributed by atoms with Crippen molar-refractivity contribution in [2.24, 2.45) is 0 Å². The summed E-state index contributed by atoms with van der Waals surface area (Å²) in [5.74, 6) is 0.442. The third-order valence-corrected chi connectivity index (χ3v) is 4.99. The molecule has 140 valence electrons. The molecule has 0 fully saturated rings. The summed E-state index contributed by atoms with van der Waals surface area (Å²) in [5.41, 5.74) is 3.29. The van der Waals surface area contributed by atoms with Crippen LogP contribution in [-0.4, -0.2) is 27.2 Å². The molecular weight excluding hydrogens is 344 g/mol. The summed E-state index contributed by atoms with van der Waals surface area (Å²) in [6.45, 7) is 0.316. The van der Waals surface area contributed by atoms with Crippen molar-refractivity contribution in [3.63, 3.8) is 0 Å². The summed E-state index contributed by atoms with van der Waals surface area (Å²) in [6, 6.07) is 7.25. The van der Waals surface area contributed by atoms with E-state index >= 15 is 0 Å². The van der Waals surface area contributed by atoms with Crippen LogP contribution in [-0.2, 0) is 24.2 Å². The molecule has 7 nitrogen and oxygen atoms in total. The number of amides is 1. The number of anilines is 1. The molecule has 0 unspecified atom stereocenters. The minimum absolute atomic E-state index is 0.0850. The van der Waals surface area contributed by atoms with Crippen LogP contribution in [0.1, 0.15) is 30.5 Å². The highest BCUT2D eigenvalue weighted by Crippen LogP contribution is 2.24. The Morgan fingerprint density at radius 3 is 2.89 bits per heavy atom. The van der Waals surface area contributed by atoms with Gasteiger partial charge in [0, 0.05) is 30.9 Å². The number of nitrogens with one attached hydrogen (secondary N) is 1. The molecule has 4 rings (SSSR count). The van der Waals surface area contributed by atoms with E-state index in [2.05, 4.69) is 10.4 Å². The van der Waals surface area contributed by atoms with Gasteiger partial charge in [0.25, 0.3) is 5.56 Å². The zero-order valence-electron chi connectivity index (χ0n) is 15.3. The van der Waals surface area contributed by atoms with Gasteiger partial charge in [-0.15, -0.1) is 0 Å². The van der Waals surface area contributed by atoms with Gasteiger partial charge in [-0.2, -0.15) is 5.10 Å². The van der Waals surface area contributed by atoms with Crippen LogP contribution in [0.15, 0.2) is 41.5 Å². The predicted molar refractivity (Wildman–Crippen MR) is 102 cm³/mol. The molecule has 0 spiro atoms. The summed E-state index contributed by atoms with van der Waals surface area (Å²) in [5, 5.41) is 7.37. The Balaban J connectivity index is 1.51. The van der Waals surface area contributed by atoms with Crippen molar-refractivity contribution in [1.29, 1.82) is 0 Å². The fourth-order valence-corrected chi connectivity index (χ4v) is 3.61. The predicted octanol–water partition coefficient (Wildman–Crippen LogP) is 2.41. The number of rotatable bonds is 5. The Morgan fingerprint density at radius 1 is 1.22 bits per heavy atom. The Bertz CT molecular complexity index is 1050. The van der Waals surface area contributed by atoms with Gasteiger partial charge in [0.1, 0.15) is 11.3 Å². The second-order valence-electron chi connectivity index (χ2n) is 6.72. The number of aromatic nitrogens is 3. The number of carbonyl (C=O) groups is 1. The van der Waals surface area contributed by atoms with Crippen LogP contribution in [0.2, 0.25) is 0 Å². The van der Waals surface area contributed by atoms with Gasteiger partial charge in [-0.1, -0.05) is 12.1 Å². The van der Waals surface area contributed by atoms with E-state index in [1.54, 1.807) is 40.7 Å². The molecule has 1 aliphatic carbocycles. The number of ether oxygens (including phenoxy) is 1. The fourth-order valence-electron chi connectivity index (χ4n) is 3.61. The summed E-state index contributed by atoms with van der Waals surface area (Å²) in [7, 11) is 1.56. The van der Waals surface area contributed by atoms with Gasteiger partial charge in [0.2, 0.25) is 5.91 Å². The molecule has 0 radical (unpaired) electrons. The minimum Gasteiger partial charge on any atom is -0.495 e. The third-order valence-electron chi connectivity index (χ3n) is 4.99.